The molecule has 0 saturated carbocycles. The Bertz CT molecular complexity index is 315. The van der Waals surface area contributed by atoms with Gasteiger partial charge in [-0.25, -0.2) is 4.98 Å². The summed E-state index contributed by atoms with van der Waals surface area (Å²) in [5, 5.41) is 0.395. The fraction of sp³-hybridized carbons (Fsp3) is 0.556. The molecule has 2 N–H and O–H groups in total. The van der Waals surface area contributed by atoms with E-state index >= 15 is 0 Å². The minimum atomic E-state index is -0.168. The third-order valence-corrected chi connectivity index (χ3v) is 2.76. The van der Waals surface area contributed by atoms with Crippen molar-refractivity contribution in [1.82, 2.24) is 9.97 Å². The third-order valence-electron chi connectivity index (χ3n) is 2.47. The first kappa shape index (κ1) is 9.83. The standard InChI is InChI=1S/C9H12ClN3O/c10-9-8(12-2-3-13-9)7(11)6-1-4-14-5-6/h2-3,6-7H,1,4-5,11H2. The first-order chi connectivity index (χ1) is 6.79. The Morgan fingerprint density at radius 2 is 2.29 bits per heavy atom. The Morgan fingerprint density at radius 3 is 2.93 bits per heavy atom. The van der Waals surface area contributed by atoms with Gasteiger partial charge in [-0.2, -0.15) is 0 Å². The first-order valence-corrected chi connectivity index (χ1v) is 4.96. The van der Waals surface area contributed by atoms with E-state index < -0.39 is 0 Å². The van der Waals surface area contributed by atoms with Crippen molar-refractivity contribution >= 4 is 11.6 Å². The van der Waals surface area contributed by atoms with Crippen LogP contribution < -0.4 is 5.73 Å². The van der Waals surface area contributed by atoms with Crippen LogP contribution in [0.4, 0.5) is 0 Å². The lowest BCUT2D eigenvalue weighted by molar-refractivity contribution is 0.180. The second-order valence-electron chi connectivity index (χ2n) is 3.38. The van der Waals surface area contributed by atoms with Gasteiger partial charge in [0, 0.05) is 24.9 Å². The maximum atomic E-state index is 6.03. The van der Waals surface area contributed by atoms with Crippen molar-refractivity contribution in [2.75, 3.05) is 13.2 Å². The topological polar surface area (TPSA) is 61.0 Å². The monoisotopic (exact) mass is 213 g/mol. The molecule has 0 radical (unpaired) electrons. The van der Waals surface area contributed by atoms with Gasteiger partial charge in [-0.1, -0.05) is 11.6 Å². The fourth-order valence-corrected chi connectivity index (χ4v) is 1.85. The highest BCUT2D eigenvalue weighted by molar-refractivity contribution is 6.30. The molecule has 4 nitrogen and oxygen atoms in total. The maximum absolute atomic E-state index is 6.03. The molecular weight excluding hydrogens is 202 g/mol. The molecule has 2 rings (SSSR count). The van der Waals surface area contributed by atoms with Crippen molar-refractivity contribution in [3.63, 3.8) is 0 Å². The summed E-state index contributed by atoms with van der Waals surface area (Å²) in [6, 6.07) is -0.168. The van der Waals surface area contributed by atoms with Crippen molar-refractivity contribution in [3.8, 4) is 0 Å². The van der Waals surface area contributed by atoms with Crippen LogP contribution in [0, 0.1) is 5.92 Å². The average Bonchev–Trinajstić information content (AvgIpc) is 2.70. The number of aromatic nitrogens is 2. The molecule has 1 fully saturated rings. The molecule has 1 saturated heterocycles. The highest BCUT2D eigenvalue weighted by atomic mass is 35.5. The fourth-order valence-electron chi connectivity index (χ4n) is 1.61. The van der Waals surface area contributed by atoms with Crippen LogP contribution in [0.3, 0.4) is 0 Å². The first-order valence-electron chi connectivity index (χ1n) is 4.59. The molecule has 2 heterocycles. The Morgan fingerprint density at radius 1 is 1.50 bits per heavy atom. The molecule has 0 aromatic carbocycles. The summed E-state index contributed by atoms with van der Waals surface area (Å²) in [6.45, 7) is 1.46. The molecule has 1 aliphatic rings. The number of nitrogens with two attached hydrogens (primary N) is 1. The Balaban J connectivity index is 2.17. The summed E-state index contributed by atoms with van der Waals surface area (Å²) < 4.78 is 5.27. The van der Waals surface area contributed by atoms with Crippen molar-refractivity contribution in [3.05, 3.63) is 23.2 Å². The molecule has 1 aromatic heterocycles. The van der Waals surface area contributed by atoms with Gasteiger partial charge < -0.3 is 10.5 Å². The number of ether oxygens (including phenoxy) is 1. The quantitative estimate of drug-likeness (QED) is 0.801. The highest BCUT2D eigenvalue weighted by Crippen LogP contribution is 2.28. The minimum absolute atomic E-state index is 0.168. The molecule has 0 bridgehead atoms. The summed E-state index contributed by atoms with van der Waals surface area (Å²) in [5.74, 6) is 0.309. The van der Waals surface area contributed by atoms with Gasteiger partial charge in [-0.05, 0) is 6.42 Å². The molecule has 2 atom stereocenters. The smallest absolute Gasteiger partial charge is 0.152 e. The van der Waals surface area contributed by atoms with Crippen LogP contribution in [0.25, 0.3) is 0 Å². The normalized spacial score (nSPS) is 23.7. The molecule has 0 amide bonds. The van der Waals surface area contributed by atoms with Gasteiger partial charge >= 0.3 is 0 Å². The lowest BCUT2D eigenvalue weighted by atomic mass is 9.97. The molecular formula is C9H12ClN3O. The predicted octanol–water partition coefficient (Wildman–Crippen LogP) is 1.17. The van der Waals surface area contributed by atoms with Crippen molar-refractivity contribution < 1.29 is 4.74 Å². The van der Waals surface area contributed by atoms with Gasteiger partial charge in [0.2, 0.25) is 0 Å². The van der Waals surface area contributed by atoms with Crippen molar-refractivity contribution in [2.45, 2.75) is 12.5 Å². The van der Waals surface area contributed by atoms with Crippen LogP contribution in [0.15, 0.2) is 12.4 Å². The zero-order valence-electron chi connectivity index (χ0n) is 7.69. The van der Waals surface area contributed by atoms with Crippen LogP contribution in [-0.2, 0) is 4.74 Å². The Hall–Kier alpha value is -0.710. The van der Waals surface area contributed by atoms with E-state index in [9.17, 15) is 0 Å². The van der Waals surface area contributed by atoms with E-state index in [4.69, 9.17) is 22.1 Å². The minimum Gasteiger partial charge on any atom is -0.381 e. The molecule has 1 aromatic rings. The van der Waals surface area contributed by atoms with E-state index in [1.54, 1.807) is 12.4 Å². The van der Waals surface area contributed by atoms with Crippen LogP contribution >= 0.6 is 11.6 Å². The van der Waals surface area contributed by atoms with Gasteiger partial charge in [0.15, 0.2) is 5.15 Å². The molecule has 1 aliphatic heterocycles. The van der Waals surface area contributed by atoms with Gasteiger partial charge in [0.25, 0.3) is 0 Å². The van der Waals surface area contributed by atoms with E-state index in [1.165, 1.54) is 0 Å². The summed E-state index contributed by atoms with van der Waals surface area (Å²) in [5.41, 5.74) is 6.71. The van der Waals surface area contributed by atoms with E-state index in [1.807, 2.05) is 0 Å². The van der Waals surface area contributed by atoms with E-state index in [-0.39, 0.29) is 6.04 Å². The average molecular weight is 214 g/mol. The van der Waals surface area contributed by atoms with Gasteiger partial charge in [0.05, 0.1) is 18.3 Å². The number of halogens is 1. The third kappa shape index (κ3) is 1.87. The van der Waals surface area contributed by atoms with E-state index in [0.29, 0.717) is 23.4 Å². The van der Waals surface area contributed by atoms with Crippen LogP contribution in [0.5, 0.6) is 0 Å². The van der Waals surface area contributed by atoms with Crippen molar-refractivity contribution in [1.29, 1.82) is 0 Å². The molecule has 0 spiro atoms. The SMILES string of the molecule is NC(c1nccnc1Cl)C1CCOC1. The van der Waals surface area contributed by atoms with Crippen molar-refractivity contribution in [2.24, 2.45) is 11.7 Å². The highest BCUT2D eigenvalue weighted by Gasteiger charge is 2.26. The maximum Gasteiger partial charge on any atom is 0.152 e. The second-order valence-corrected chi connectivity index (χ2v) is 3.74. The largest absolute Gasteiger partial charge is 0.381 e. The Labute approximate surface area is 87.4 Å². The summed E-state index contributed by atoms with van der Waals surface area (Å²) in [4.78, 5) is 8.10. The van der Waals surface area contributed by atoms with E-state index in [2.05, 4.69) is 9.97 Å². The molecule has 14 heavy (non-hydrogen) atoms. The van der Waals surface area contributed by atoms with Gasteiger partial charge in [0.1, 0.15) is 0 Å². The van der Waals surface area contributed by atoms with E-state index in [0.717, 1.165) is 13.0 Å². The zero-order valence-corrected chi connectivity index (χ0v) is 8.44. The van der Waals surface area contributed by atoms with Crippen LogP contribution in [0.2, 0.25) is 5.15 Å². The van der Waals surface area contributed by atoms with Gasteiger partial charge in [-0.15, -0.1) is 0 Å². The lowest BCUT2D eigenvalue weighted by Gasteiger charge is -2.16. The lowest BCUT2D eigenvalue weighted by Crippen LogP contribution is -2.23. The molecule has 0 aliphatic carbocycles. The number of nitrogens with zero attached hydrogens (tertiary/aromatic N) is 2. The number of hydrogen-bond donors (Lipinski definition) is 1. The molecule has 2 unspecified atom stereocenters. The molecule has 76 valence electrons. The second kappa shape index (κ2) is 4.21. The Kier molecular flexibility index (Phi) is 2.96. The summed E-state index contributed by atoms with van der Waals surface area (Å²) in [6.07, 6.45) is 4.13. The predicted molar refractivity (Wildman–Crippen MR) is 52.9 cm³/mol. The van der Waals surface area contributed by atoms with Gasteiger partial charge in [-0.3, -0.25) is 4.98 Å². The molecule has 5 heteroatoms. The zero-order chi connectivity index (χ0) is 9.97. The summed E-state index contributed by atoms with van der Waals surface area (Å²) in [7, 11) is 0. The number of hydrogen-bond acceptors (Lipinski definition) is 4. The number of rotatable bonds is 2. The summed E-state index contributed by atoms with van der Waals surface area (Å²) >= 11 is 5.90. The van der Waals surface area contributed by atoms with Crippen LogP contribution in [0.1, 0.15) is 18.2 Å². The van der Waals surface area contributed by atoms with Crippen LogP contribution in [-0.4, -0.2) is 23.2 Å².